The first kappa shape index (κ1) is 10.6. The number of aromatic nitrogens is 2. The van der Waals surface area contributed by atoms with Gasteiger partial charge in [0.15, 0.2) is 0 Å². The second-order valence-electron chi connectivity index (χ2n) is 3.34. The SMILES string of the molecule is Cc1nc(Oc2cccnc2)ccc1CO. The summed E-state index contributed by atoms with van der Waals surface area (Å²) in [6, 6.07) is 7.13. The van der Waals surface area contributed by atoms with Crippen molar-refractivity contribution in [1.82, 2.24) is 9.97 Å². The monoisotopic (exact) mass is 216 g/mol. The van der Waals surface area contributed by atoms with Crippen LogP contribution in [0.5, 0.6) is 11.6 Å². The Morgan fingerprint density at radius 3 is 2.81 bits per heavy atom. The molecule has 0 aliphatic heterocycles. The first-order valence-corrected chi connectivity index (χ1v) is 4.95. The summed E-state index contributed by atoms with van der Waals surface area (Å²) in [5.74, 6) is 1.15. The summed E-state index contributed by atoms with van der Waals surface area (Å²) < 4.78 is 5.50. The van der Waals surface area contributed by atoms with E-state index in [0.29, 0.717) is 11.6 Å². The Morgan fingerprint density at radius 2 is 2.19 bits per heavy atom. The third-order valence-electron chi connectivity index (χ3n) is 2.20. The lowest BCUT2D eigenvalue weighted by atomic mass is 10.2. The highest BCUT2D eigenvalue weighted by atomic mass is 16.5. The molecule has 0 aliphatic carbocycles. The standard InChI is InChI=1S/C12H12N2O2/c1-9-10(8-15)4-5-12(14-9)16-11-3-2-6-13-7-11/h2-7,15H,8H2,1H3. The van der Waals surface area contributed by atoms with Crippen LogP contribution in [0.1, 0.15) is 11.3 Å². The van der Waals surface area contributed by atoms with Crippen LogP contribution in [0.25, 0.3) is 0 Å². The van der Waals surface area contributed by atoms with Gasteiger partial charge in [0.25, 0.3) is 0 Å². The van der Waals surface area contributed by atoms with Crippen molar-refractivity contribution in [2.45, 2.75) is 13.5 Å². The summed E-state index contributed by atoms with van der Waals surface area (Å²) in [4.78, 5) is 8.17. The molecule has 0 radical (unpaired) electrons. The predicted octanol–water partition coefficient (Wildman–Crippen LogP) is 2.07. The number of nitrogens with zero attached hydrogens (tertiary/aromatic N) is 2. The van der Waals surface area contributed by atoms with Crippen LogP contribution in [0.15, 0.2) is 36.7 Å². The van der Waals surface area contributed by atoms with Crippen molar-refractivity contribution in [3.63, 3.8) is 0 Å². The smallest absolute Gasteiger partial charge is 0.219 e. The highest BCUT2D eigenvalue weighted by Crippen LogP contribution is 2.19. The normalized spacial score (nSPS) is 10.1. The van der Waals surface area contributed by atoms with Crippen LogP contribution in [0.4, 0.5) is 0 Å². The van der Waals surface area contributed by atoms with Crippen LogP contribution in [0, 0.1) is 6.92 Å². The molecule has 0 aliphatic rings. The minimum Gasteiger partial charge on any atom is -0.437 e. The lowest BCUT2D eigenvalue weighted by Crippen LogP contribution is -1.95. The fourth-order valence-electron chi connectivity index (χ4n) is 1.32. The molecule has 0 amide bonds. The maximum Gasteiger partial charge on any atom is 0.219 e. The van der Waals surface area contributed by atoms with E-state index < -0.39 is 0 Å². The molecule has 0 bridgehead atoms. The molecule has 0 saturated carbocycles. The largest absolute Gasteiger partial charge is 0.437 e. The third-order valence-corrected chi connectivity index (χ3v) is 2.20. The summed E-state index contributed by atoms with van der Waals surface area (Å²) in [6.45, 7) is 1.83. The quantitative estimate of drug-likeness (QED) is 0.853. The topological polar surface area (TPSA) is 55.2 Å². The molecule has 4 heteroatoms. The number of ether oxygens (including phenoxy) is 1. The number of pyridine rings is 2. The summed E-state index contributed by atoms with van der Waals surface area (Å²) in [6.07, 6.45) is 3.30. The molecular formula is C12H12N2O2. The van der Waals surface area contributed by atoms with Gasteiger partial charge in [0, 0.05) is 18.0 Å². The Balaban J connectivity index is 2.20. The fourth-order valence-corrected chi connectivity index (χ4v) is 1.32. The average Bonchev–Trinajstić information content (AvgIpc) is 2.31. The zero-order valence-corrected chi connectivity index (χ0v) is 8.92. The fraction of sp³-hybridized carbons (Fsp3) is 0.167. The lowest BCUT2D eigenvalue weighted by molar-refractivity contribution is 0.280. The van der Waals surface area contributed by atoms with E-state index >= 15 is 0 Å². The number of rotatable bonds is 3. The minimum absolute atomic E-state index is 0.00793. The second-order valence-corrected chi connectivity index (χ2v) is 3.34. The van der Waals surface area contributed by atoms with Gasteiger partial charge in [-0.25, -0.2) is 4.98 Å². The zero-order valence-electron chi connectivity index (χ0n) is 8.92. The molecule has 0 unspecified atom stereocenters. The van der Waals surface area contributed by atoms with Crippen LogP contribution >= 0.6 is 0 Å². The molecule has 2 rings (SSSR count). The van der Waals surface area contributed by atoms with Crippen molar-refractivity contribution in [3.05, 3.63) is 47.9 Å². The predicted molar refractivity (Wildman–Crippen MR) is 59.2 cm³/mol. The van der Waals surface area contributed by atoms with Gasteiger partial charge >= 0.3 is 0 Å². The van der Waals surface area contributed by atoms with Gasteiger partial charge in [0.05, 0.1) is 12.8 Å². The number of hydrogen-bond acceptors (Lipinski definition) is 4. The molecule has 0 atom stereocenters. The third kappa shape index (κ3) is 2.35. The average molecular weight is 216 g/mol. The van der Waals surface area contributed by atoms with Gasteiger partial charge in [0.2, 0.25) is 5.88 Å². The van der Waals surface area contributed by atoms with Gasteiger partial charge in [-0.2, -0.15) is 0 Å². The molecule has 2 aromatic rings. The lowest BCUT2D eigenvalue weighted by Gasteiger charge is -2.06. The van der Waals surface area contributed by atoms with E-state index in [1.807, 2.05) is 13.0 Å². The minimum atomic E-state index is -0.00793. The summed E-state index contributed by atoms with van der Waals surface area (Å²) >= 11 is 0. The van der Waals surface area contributed by atoms with Crippen molar-refractivity contribution in [1.29, 1.82) is 0 Å². The summed E-state index contributed by atoms with van der Waals surface area (Å²) in [7, 11) is 0. The Bertz CT molecular complexity index is 472. The van der Waals surface area contributed by atoms with E-state index in [1.54, 1.807) is 30.6 Å². The summed E-state index contributed by atoms with van der Waals surface area (Å²) in [5, 5.41) is 9.01. The molecule has 1 N–H and O–H groups in total. The van der Waals surface area contributed by atoms with Crippen LogP contribution in [0.3, 0.4) is 0 Å². The first-order chi connectivity index (χ1) is 7.79. The number of aliphatic hydroxyl groups excluding tert-OH is 1. The van der Waals surface area contributed by atoms with Crippen molar-refractivity contribution in [2.24, 2.45) is 0 Å². The molecule has 2 heterocycles. The van der Waals surface area contributed by atoms with Crippen LogP contribution < -0.4 is 4.74 Å². The highest BCUT2D eigenvalue weighted by molar-refractivity contribution is 5.28. The first-order valence-electron chi connectivity index (χ1n) is 4.95. The second kappa shape index (κ2) is 4.72. The van der Waals surface area contributed by atoms with Gasteiger partial charge in [0.1, 0.15) is 5.75 Å². The van der Waals surface area contributed by atoms with E-state index in [0.717, 1.165) is 11.3 Å². The maximum absolute atomic E-state index is 9.01. The Kier molecular flexibility index (Phi) is 3.12. The highest BCUT2D eigenvalue weighted by Gasteiger charge is 2.02. The number of hydrogen-bond donors (Lipinski definition) is 1. The van der Waals surface area contributed by atoms with E-state index in [4.69, 9.17) is 9.84 Å². The summed E-state index contributed by atoms with van der Waals surface area (Å²) in [5.41, 5.74) is 1.57. The van der Waals surface area contributed by atoms with Gasteiger partial charge in [-0.15, -0.1) is 0 Å². The molecule has 0 spiro atoms. The molecular weight excluding hydrogens is 204 g/mol. The van der Waals surface area contributed by atoms with Gasteiger partial charge in [-0.3, -0.25) is 4.98 Å². The Labute approximate surface area is 93.6 Å². The van der Waals surface area contributed by atoms with E-state index in [2.05, 4.69) is 9.97 Å². The molecule has 2 aromatic heterocycles. The Hall–Kier alpha value is -1.94. The molecule has 0 saturated heterocycles. The molecule has 4 nitrogen and oxygen atoms in total. The van der Waals surface area contributed by atoms with E-state index in [1.165, 1.54) is 0 Å². The van der Waals surface area contributed by atoms with Crippen LogP contribution in [-0.2, 0) is 6.61 Å². The molecule has 82 valence electrons. The van der Waals surface area contributed by atoms with Crippen LogP contribution in [0.2, 0.25) is 0 Å². The Morgan fingerprint density at radius 1 is 1.31 bits per heavy atom. The number of aryl methyl sites for hydroxylation is 1. The van der Waals surface area contributed by atoms with Gasteiger partial charge in [-0.05, 0) is 30.7 Å². The van der Waals surface area contributed by atoms with E-state index in [9.17, 15) is 0 Å². The molecule has 16 heavy (non-hydrogen) atoms. The maximum atomic E-state index is 9.01. The van der Waals surface area contributed by atoms with Gasteiger partial charge < -0.3 is 9.84 Å². The van der Waals surface area contributed by atoms with E-state index in [-0.39, 0.29) is 6.61 Å². The van der Waals surface area contributed by atoms with Crippen LogP contribution in [-0.4, -0.2) is 15.1 Å². The molecule has 0 fully saturated rings. The molecule has 0 aromatic carbocycles. The van der Waals surface area contributed by atoms with Crippen molar-refractivity contribution in [2.75, 3.05) is 0 Å². The van der Waals surface area contributed by atoms with Crippen molar-refractivity contribution < 1.29 is 9.84 Å². The zero-order chi connectivity index (χ0) is 11.4. The van der Waals surface area contributed by atoms with Crippen molar-refractivity contribution in [3.8, 4) is 11.6 Å². The van der Waals surface area contributed by atoms with Crippen molar-refractivity contribution >= 4 is 0 Å². The number of aliphatic hydroxyl groups is 1. The van der Waals surface area contributed by atoms with Gasteiger partial charge in [-0.1, -0.05) is 0 Å².